The first-order valence-electron chi connectivity index (χ1n) is 7.20. The molecule has 2 aromatic rings. The number of nitrogens with zero attached hydrogens (tertiary/aromatic N) is 2. The highest BCUT2D eigenvalue weighted by molar-refractivity contribution is 5.42. The molecule has 0 atom stereocenters. The van der Waals surface area contributed by atoms with Crippen molar-refractivity contribution < 1.29 is 0 Å². The summed E-state index contributed by atoms with van der Waals surface area (Å²) in [6.45, 7) is 11.0. The zero-order valence-corrected chi connectivity index (χ0v) is 13.5. The third-order valence-electron chi connectivity index (χ3n) is 3.75. The van der Waals surface area contributed by atoms with Crippen LogP contribution in [0, 0.1) is 13.8 Å². The Morgan fingerprint density at radius 3 is 2.29 bits per heavy atom. The Morgan fingerprint density at radius 1 is 1.14 bits per heavy atom. The molecule has 4 nitrogen and oxygen atoms in total. The predicted molar refractivity (Wildman–Crippen MR) is 87.3 cm³/mol. The van der Waals surface area contributed by atoms with Crippen LogP contribution >= 0.6 is 0 Å². The second-order valence-electron chi connectivity index (χ2n) is 6.52. The number of rotatable bonds is 3. The van der Waals surface area contributed by atoms with Crippen molar-refractivity contribution in [1.29, 1.82) is 0 Å². The molecular weight excluding hydrogens is 260 g/mol. The molecule has 0 fully saturated rings. The van der Waals surface area contributed by atoms with Crippen molar-refractivity contribution in [2.24, 2.45) is 5.84 Å². The molecule has 4 heteroatoms. The highest BCUT2D eigenvalue weighted by Crippen LogP contribution is 2.27. The van der Waals surface area contributed by atoms with Gasteiger partial charge in [-0.2, -0.15) is 0 Å². The summed E-state index contributed by atoms with van der Waals surface area (Å²) in [6.07, 6.45) is 2.45. The minimum atomic E-state index is 0.161. The number of nitrogens with one attached hydrogen (secondary N) is 1. The van der Waals surface area contributed by atoms with E-state index in [1.54, 1.807) is 12.3 Å². The zero-order chi connectivity index (χ0) is 15.6. The van der Waals surface area contributed by atoms with E-state index in [0.29, 0.717) is 5.82 Å². The lowest BCUT2D eigenvalue weighted by Gasteiger charge is -2.22. The number of hydrogen-bond acceptors (Lipinski definition) is 4. The summed E-state index contributed by atoms with van der Waals surface area (Å²) in [7, 11) is 0. The Hall–Kier alpha value is -1.94. The molecule has 0 aliphatic carbocycles. The van der Waals surface area contributed by atoms with Crippen LogP contribution in [0.25, 0.3) is 0 Å². The van der Waals surface area contributed by atoms with Gasteiger partial charge in [-0.1, -0.05) is 32.9 Å². The van der Waals surface area contributed by atoms with Crippen LogP contribution in [-0.2, 0) is 11.8 Å². The Kier molecular flexibility index (Phi) is 4.28. The molecule has 0 saturated heterocycles. The van der Waals surface area contributed by atoms with E-state index in [1.807, 2.05) is 0 Å². The number of hydrogen-bond donors (Lipinski definition) is 2. The van der Waals surface area contributed by atoms with Crippen LogP contribution in [0.5, 0.6) is 0 Å². The summed E-state index contributed by atoms with van der Waals surface area (Å²) >= 11 is 0. The number of hydrazine groups is 1. The average Bonchev–Trinajstić information content (AvgIpc) is 2.42. The number of nitrogen functional groups attached to an aromatic ring is 1. The largest absolute Gasteiger partial charge is 0.308 e. The molecule has 0 bridgehead atoms. The maximum Gasteiger partial charge on any atom is 0.143 e. The highest BCUT2D eigenvalue weighted by atomic mass is 15.3. The summed E-state index contributed by atoms with van der Waals surface area (Å²) in [5, 5.41) is 0. The third-order valence-corrected chi connectivity index (χ3v) is 3.75. The quantitative estimate of drug-likeness (QED) is 0.670. The summed E-state index contributed by atoms with van der Waals surface area (Å²) in [4.78, 5) is 8.72. The van der Waals surface area contributed by atoms with E-state index in [9.17, 15) is 0 Å². The van der Waals surface area contributed by atoms with Crippen molar-refractivity contribution in [2.45, 2.75) is 46.5 Å². The molecule has 3 N–H and O–H groups in total. The molecular formula is C17H24N4. The van der Waals surface area contributed by atoms with Gasteiger partial charge in [0.05, 0.1) is 0 Å². The van der Waals surface area contributed by atoms with Gasteiger partial charge in [-0.05, 0) is 41.5 Å². The van der Waals surface area contributed by atoms with Gasteiger partial charge in [0, 0.05) is 18.7 Å². The minimum absolute atomic E-state index is 0.161. The SMILES string of the molecule is Cc1cc(C(C)(C)C)cc(C)c1Cc1nccc(NN)n1. The Labute approximate surface area is 126 Å². The Morgan fingerprint density at radius 2 is 1.76 bits per heavy atom. The first kappa shape index (κ1) is 15.4. The monoisotopic (exact) mass is 284 g/mol. The van der Waals surface area contributed by atoms with Gasteiger partial charge in [-0.3, -0.25) is 0 Å². The van der Waals surface area contributed by atoms with Gasteiger partial charge >= 0.3 is 0 Å². The van der Waals surface area contributed by atoms with Crippen LogP contribution in [0.3, 0.4) is 0 Å². The van der Waals surface area contributed by atoms with Crippen LogP contribution in [0.1, 0.15) is 48.8 Å². The number of benzene rings is 1. The van der Waals surface area contributed by atoms with Crippen LogP contribution in [0.4, 0.5) is 5.82 Å². The third kappa shape index (κ3) is 3.58. The average molecular weight is 284 g/mol. The molecule has 0 aliphatic rings. The van der Waals surface area contributed by atoms with Gasteiger partial charge in [0.25, 0.3) is 0 Å². The first-order chi connectivity index (χ1) is 9.81. The summed E-state index contributed by atoms with van der Waals surface area (Å²) < 4.78 is 0. The molecule has 0 unspecified atom stereocenters. The van der Waals surface area contributed by atoms with Crippen LogP contribution in [0.2, 0.25) is 0 Å². The molecule has 0 radical (unpaired) electrons. The van der Waals surface area contributed by atoms with E-state index in [-0.39, 0.29) is 5.41 Å². The summed E-state index contributed by atoms with van der Waals surface area (Å²) in [5.74, 6) is 6.82. The molecule has 112 valence electrons. The van der Waals surface area contributed by atoms with Gasteiger partial charge in [-0.15, -0.1) is 0 Å². The van der Waals surface area contributed by atoms with Crippen molar-refractivity contribution in [3.05, 3.63) is 52.5 Å². The van der Waals surface area contributed by atoms with E-state index in [4.69, 9.17) is 5.84 Å². The standard InChI is InChI=1S/C17H24N4/c1-11-8-13(17(3,4)5)9-12(2)14(11)10-16-19-7-6-15(20-16)21-18/h6-9H,10,18H2,1-5H3,(H,19,20,21). The van der Waals surface area contributed by atoms with Gasteiger partial charge in [0.15, 0.2) is 0 Å². The molecule has 1 heterocycles. The number of aromatic nitrogens is 2. The lowest BCUT2D eigenvalue weighted by Crippen LogP contribution is -2.13. The van der Waals surface area contributed by atoms with E-state index >= 15 is 0 Å². The lowest BCUT2D eigenvalue weighted by atomic mass is 9.83. The van der Waals surface area contributed by atoms with Crippen molar-refractivity contribution >= 4 is 5.82 Å². The molecule has 0 aliphatic heterocycles. The first-order valence-corrected chi connectivity index (χ1v) is 7.20. The van der Waals surface area contributed by atoms with Crippen molar-refractivity contribution in [1.82, 2.24) is 9.97 Å². The lowest BCUT2D eigenvalue weighted by molar-refractivity contribution is 0.588. The van der Waals surface area contributed by atoms with Gasteiger partial charge < -0.3 is 5.43 Å². The second-order valence-corrected chi connectivity index (χ2v) is 6.52. The molecule has 1 aromatic heterocycles. The molecule has 21 heavy (non-hydrogen) atoms. The fraction of sp³-hybridized carbons (Fsp3) is 0.412. The second kappa shape index (κ2) is 5.82. The molecule has 0 spiro atoms. The topological polar surface area (TPSA) is 63.8 Å². The van der Waals surface area contributed by atoms with Crippen LogP contribution in [-0.4, -0.2) is 9.97 Å². The van der Waals surface area contributed by atoms with Gasteiger partial charge in [0.1, 0.15) is 11.6 Å². The highest BCUT2D eigenvalue weighted by Gasteiger charge is 2.16. The van der Waals surface area contributed by atoms with E-state index in [2.05, 4.69) is 62.1 Å². The molecule has 2 rings (SSSR count). The fourth-order valence-electron chi connectivity index (χ4n) is 2.43. The van der Waals surface area contributed by atoms with E-state index in [0.717, 1.165) is 12.2 Å². The minimum Gasteiger partial charge on any atom is -0.308 e. The maximum atomic E-state index is 5.40. The number of anilines is 1. The normalized spacial score (nSPS) is 11.5. The Balaban J connectivity index is 2.36. The fourth-order valence-corrected chi connectivity index (χ4v) is 2.43. The molecule has 0 amide bonds. The summed E-state index contributed by atoms with van der Waals surface area (Å²) in [5.41, 5.74) is 7.94. The zero-order valence-electron chi connectivity index (χ0n) is 13.5. The molecule has 0 saturated carbocycles. The van der Waals surface area contributed by atoms with E-state index in [1.165, 1.54) is 22.3 Å². The van der Waals surface area contributed by atoms with Crippen LogP contribution < -0.4 is 11.3 Å². The summed E-state index contributed by atoms with van der Waals surface area (Å²) in [6, 6.07) is 6.30. The van der Waals surface area contributed by atoms with Crippen LogP contribution in [0.15, 0.2) is 24.4 Å². The van der Waals surface area contributed by atoms with Crippen molar-refractivity contribution in [2.75, 3.05) is 5.43 Å². The van der Waals surface area contributed by atoms with Gasteiger partial charge in [-0.25, -0.2) is 15.8 Å². The number of aryl methyl sites for hydroxylation is 2. The Bertz CT molecular complexity index is 618. The van der Waals surface area contributed by atoms with E-state index < -0.39 is 0 Å². The van der Waals surface area contributed by atoms with Crippen molar-refractivity contribution in [3.8, 4) is 0 Å². The van der Waals surface area contributed by atoms with Crippen molar-refractivity contribution in [3.63, 3.8) is 0 Å². The molecule has 1 aromatic carbocycles. The number of nitrogens with two attached hydrogens (primary N) is 1. The smallest absolute Gasteiger partial charge is 0.143 e. The maximum absolute atomic E-state index is 5.40. The van der Waals surface area contributed by atoms with Gasteiger partial charge in [0.2, 0.25) is 0 Å². The predicted octanol–water partition coefficient (Wildman–Crippen LogP) is 3.27.